The van der Waals surface area contributed by atoms with Crippen LogP contribution in [0, 0.1) is 5.92 Å². The molecule has 2 aliphatic heterocycles. The molecule has 4 rings (SSSR count). The SMILES string of the molecule is CC(=O)C1CC(C(=O)N2CCN(C(=O)CC3CCCC3)CC2)=NN1c1ccccc1. The fraction of sp³-hybridized carbons (Fsp3) is 0.565. The van der Waals surface area contributed by atoms with E-state index in [1.54, 1.807) is 9.91 Å². The van der Waals surface area contributed by atoms with E-state index in [1.165, 1.54) is 32.6 Å². The van der Waals surface area contributed by atoms with E-state index in [0.717, 1.165) is 5.69 Å². The highest BCUT2D eigenvalue weighted by atomic mass is 16.2. The van der Waals surface area contributed by atoms with E-state index in [2.05, 4.69) is 5.10 Å². The average Bonchev–Trinajstić information content (AvgIpc) is 3.44. The van der Waals surface area contributed by atoms with E-state index in [9.17, 15) is 14.4 Å². The molecule has 1 atom stereocenters. The summed E-state index contributed by atoms with van der Waals surface area (Å²) in [5.41, 5.74) is 1.23. The van der Waals surface area contributed by atoms with Crippen LogP contribution in [0.4, 0.5) is 5.69 Å². The van der Waals surface area contributed by atoms with Crippen LogP contribution in [-0.2, 0) is 14.4 Å². The first-order valence-corrected chi connectivity index (χ1v) is 11.0. The molecule has 1 aliphatic carbocycles. The van der Waals surface area contributed by atoms with Crippen LogP contribution < -0.4 is 5.01 Å². The van der Waals surface area contributed by atoms with Gasteiger partial charge in [0.2, 0.25) is 5.91 Å². The normalized spacial score (nSPS) is 22.4. The van der Waals surface area contributed by atoms with Crippen LogP contribution in [0.15, 0.2) is 35.4 Å². The Kier molecular flexibility index (Phi) is 6.16. The minimum Gasteiger partial charge on any atom is -0.339 e. The number of ketones is 1. The number of amides is 2. The van der Waals surface area contributed by atoms with Crippen LogP contribution in [-0.4, -0.2) is 65.3 Å². The maximum absolute atomic E-state index is 13.1. The molecule has 1 unspecified atom stereocenters. The quantitative estimate of drug-likeness (QED) is 0.748. The van der Waals surface area contributed by atoms with Crippen molar-refractivity contribution in [1.29, 1.82) is 0 Å². The summed E-state index contributed by atoms with van der Waals surface area (Å²) in [6, 6.07) is 9.03. The number of piperazine rings is 1. The van der Waals surface area contributed by atoms with Crippen LogP contribution in [0.25, 0.3) is 0 Å². The zero-order chi connectivity index (χ0) is 21.1. The van der Waals surface area contributed by atoms with Gasteiger partial charge in [0.15, 0.2) is 5.78 Å². The zero-order valence-electron chi connectivity index (χ0n) is 17.6. The number of benzene rings is 1. The molecule has 160 valence electrons. The summed E-state index contributed by atoms with van der Waals surface area (Å²) in [6.45, 7) is 3.72. The van der Waals surface area contributed by atoms with Gasteiger partial charge in [-0.05, 0) is 37.8 Å². The largest absolute Gasteiger partial charge is 0.339 e. The van der Waals surface area contributed by atoms with Crippen molar-refractivity contribution < 1.29 is 14.4 Å². The van der Waals surface area contributed by atoms with Gasteiger partial charge in [-0.3, -0.25) is 19.4 Å². The Morgan fingerprint density at radius 1 is 0.967 bits per heavy atom. The van der Waals surface area contributed by atoms with E-state index in [4.69, 9.17) is 0 Å². The molecule has 1 saturated heterocycles. The molecule has 0 bridgehead atoms. The van der Waals surface area contributed by atoms with Crippen LogP contribution in [0.2, 0.25) is 0 Å². The fourth-order valence-electron chi connectivity index (χ4n) is 4.71. The monoisotopic (exact) mass is 410 g/mol. The third-order valence-corrected chi connectivity index (χ3v) is 6.50. The molecule has 7 nitrogen and oxygen atoms in total. The van der Waals surface area contributed by atoms with Crippen molar-refractivity contribution in [2.24, 2.45) is 11.0 Å². The summed E-state index contributed by atoms with van der Waals surface area (Å²) in [7, 11) is 0. The second kappa shape index (κ2) is 8.98. The first-order valence-electron chi connectivity index (χ1n) is 11.0. The molecule has 7 heteroatoms. The highest BCUT2D eigenvalue weighted by molar-refractivity contribution is 6.40. The van der Waals surface area contributed by atoms with Gasteiger partial charge in [-0.1, -0.05) is 31.0 Å². The van der Waals surface area contributed by atoms with Crippen LogP contribution >= 0.6 is 0 Å². The lowest BCUT2D eigenvalue weighted by molar-refractivity contribution is -0.137. The van der Waals surface area contributed by atoms with E-state index in [-0.39, 0.29) is 17.6 Å². The second-order valence-electron chi connectivity index (χ2n) is 8.58. The van der Waals surface area contributed by atoms with Crippen molar-refractivity contribution in [3.05, 3.63) is 30.3 Å². The minimum atomic E-state index is -0.444. The lowest BCUT2D eigenvalue weighted by Crippen LogP contribution is -2.52. The molecule has 0 N–H and O–H groups in total. The Morgan fingerprint density at radius 2 is 1.60 bits per heavy atom. The van der Waals surface area contributed by atoms with Gasteiger partial charge in [-0.15, -0.1) is 0 Å². The van der Waals surface area contributed by atoms with Gasteiger partial charge in [-0.2, -0.15) is 5.10 Å². The van der Waals surface area contributed by atoms with Crippen molar-refractivity contribution in [3.8, 4) is 0 Å². The molecule has 1 aromatic carbocycles. The molecule has 3 aliphatic rings. The van der Waals surface area contributed by atoms with Crippen LogP contribution in [0.1, 0.15) is 45.4 Å². The van der Waals surface area contributed by atoms with Gasteiger partial charge in [-0.25, -0.2) is 0 Å². The molecular formula is C23H30N4O3. The maximum Gasteiger partial charge on any atom is 0.270 e. The van der Waals surface area contributed by atoms with E-state index < -0.39 is 6.04 Å². The Hall–Kier alpha value is -2.70. The second-order valence-corrected chi connectivity index (χ2v) is 8.58. The third-order valence-electron chi connectivity index (χ3n) is 6.50. The molecule has 1 aromatic rings. The van der Waals surface area contributed by atoms with Crippen LogP contribution in [0.3, 0.4) is 0 Å². The summed E-state index contributed by atoms with van der Waals surface area (Å²) in [5, 5.41) is 6.18. The number of hydrazone groups is 1. The Morgan fingerprint density at radius 3 is 2.23 bits per heavy atom. The highest BCUT2D eigenvalue weighted by Crippen LogP contribution is 2.28. The number of hydrogen-bond donors (Lipinski definition) is 0. The van der Waals surface area contributed by atoms with Gasteiger partial charge in [0.25, 0.3) is 5.91 Å². The predicted octanol–water partition coefficient (Wildman–Crippen LogP) is 2.46. The van der Waals surface area contributed by atoms with Crippen molar-refractivity contribution in [3.63, 3.8) is 0 Å². The molecule has 30 heavy (non-hydrogen) atoms. The van der Waals surface area contributed by atoms with Gasteiger partial charge in [0.1, 0.15) is 11.8 Å². The summed E-state index contributed by atoms with van der Waals surface area (Å²) < 4.78 is 0. The number of rotatable bonds is 5. The van der Waals surface area contributed by atoms with E-state index >= 15 is 0 Å². The molecule has 1 saturated carbocycles. The van der Waals surface area contributed by atoms with E-state index in [0.29, 0.717) is 50.7 Å². The molecule has 0 aromatic heterocycles. The molecule has 2 fully saturated rings. The summed E-state index contributed by atoms with van der Waals surface area (Å²) >= 11 is 0. The van der Waals surface area contributed by atoms with Crippen molar-refractivity contribution in [2.75, 3.05) is 31.2 Å². The number of carbonyl (C=O) groups is 3. The number of carbonyl (C=O) groups excluding carboxylic acids is 3. The first kappa shape index (κ1) is 20.6. The highest BCUT2D eigenvalue weighted by Gasteiger charge is 2.37. The zero-order valence-corrected chi connectivity index (χ0v) is 17.6. The molecule has 0 radical (unpaired) electrons. The smallest absolute Gasteiger partial charge is 0.270 e. The van der Waals surface area contributed by atoms with E-state index in [1.807, 2.05) is 35.2 Å². The van der Waals surface area contributed by atoms with Crippen LogP contribution in [0.5, 0.6) is 0 Å². The number of nitrogens with zero attached hydrogens (tertiary/aromatic N) is 4. The Labute approximate surface area is 177 Å². The predicted molar refractivity (Wildman–Crippen MR) is 115 cm³/mol. The van der Waals surface area contributed by atoms with Gasteiger partial charge in [0.05, 0.1) is 5.69 Å². The molecule has 0 spiro atoms. The molecule has 2 heterocycles. The average molecular weight is 411 g/mol. The van der Waals surface area contributed by atoms with Crippen molar-refractivity contribution in [1.82, 2.24) is 9.80 Å². The number of anilines is 1. The fourth-order valence-corrected chi connectivity index (χ4v) is 4.71. The number of para-hydroxylation sites is 1. The number of Topliss-reactive ketones (excluding diaryl/α,β-unsaturated/α-hetero) is 1. The third kappa shape index (κ3) is 4.40. The lowest BCUT2D eigenvalue weighted by atomic mass is 10.0. The summed E-state index contributed by atoms with van der Waals surface area (Å²) in [4.78, 5) is 41.4. The Bertz CT molecular complexity index is 824. The van der Waals surface area contributed by atoms with Gasteiger partial charge >= 0.3 is 0 Å². The summed E-state index contributed by atoms with van der Waals surface area (Å²) in [5.74, 6) is 0.631. The summed E-state index contributed by atoms with van der Waals surface area (Å²) in [6.07, 6.45) is 5.78. The maximum atomic E-state index is 13.1. The van der Waals surface area contributed by atoms with Crippen molar-refractivity contribution >= 4 is 29.0 Å². The molecule has 2 amide bonds. The standard InChI is InChI=1S/C23H30N4O3/c1-17(28)21-16-20(24-27(21)19-9-3-2-4-10-19)23(30)26-13-11-25(12-14-26)22(29)15-18-7-5-6-8-18/h2-4,9-10,18,21H,5-8,11-16H2,1H3. The number of hydrogen-bond acceptors (Lipinski definition) is 5. The minimum absolute atomic E-state index is 0.00673. The Balaban J connectivity index is 1.36. The van der Waals surface area contributed by atoms with Crippen molar-refractivity contribution in [2.45, 2.75) is 51.5 Å². The lowest BCUT2D eigenvalue weighted by Gasteiger charge is -2.35. The van der Waals surface area contributed by atoms with Gasteiger partial charge < -0.3 is 9.80 Å². The topological polar surface area (TPSA) is 73.3 Å². The van der Waals surface area contributed by atoms with Gasteiger partial charge in [0, 0.05) is 39.0 Å². The molecular weight excluding hydrogens is 380 g/mol. The first-order chi connectivity index (χ1) is 14.5.